The number of amides is 1. The molecular formula is C23H27N3O2. The number of nitrogens with one attached hydrogen (secondary N) is 1. The highest BCUT2D eigenvalue weighted by molar-refractivity contribution is 5.82. The van der Waals surface area contributed by atoms with Crippen LogP contribution in [0.25, 0.3) is 0 Å². The van der Waals surface area contributed by atoms with Crippen molar-refractivity contribution in [2.24, 2.45) is 5.10 Å². The molecule has 0 saturated carbocycles. The van der Waals surface area contributed by atoms with Crippen LogP contribution >= 0.6 is 0 Å². The smallest absolute Gasteiger partial charge is 0.277 e. The third kappa shape index (κ3) is 3.93. The van der Waals surface area contributed by atoms with Crippen molar-refractivity contribution in [3.05, 3.63) is 70.9 Å². The lowest BCUT2D eigenvalue weighted by atomic mass is 9.84. The largest absolute Gasteiger partial charge is 0.483 e. The molecule has 0 aromatic heterocycles. The van der Waals surface area contributed by atoms with Gasteiger partial charge in [0.05, 0.1) is 0 Å². The van der Waals surface area contributed by atoms with Crippen molar-refractivity contribution in [3.8, 4) is 5.75 Å². The van der Waals surface area contributed by atoms with E-state index in [1.807, 2.05) is 51.2 Å². The summed E-state index contributed by atoms with van der Waals surface area (Å²) in [5, 5.41) is 4.04. The van der Waals surface area contributed by atoms with Crippen molar-refractivity contribution >= 4 is 17.8 Å². The molecule has 1 amide bonds. The van der Waals surface area contributed by atoms with Crippen LogP contribution in [0.3, 0.4) is 0 Å². The van der Waals surface area contributed by atoms with E-state index >= 15 is 0 Å². The summed E-state index contributed by atoms with van der Waals surface area (Å²) in [7, 11) is 2.05. The second-order valence-corrected chi connectivity index (χ2v) is 7.62. The van der Waals surface area contributed by atoms with Crippen LogP contribution in [0.1, 0.15) is 30.5 Å². The maximum atomic E-state index is 12.0. The number of hydrazone groups is 1. The Hall–Kier alpha value is -3.08. The van der Waals surface area contributed by atoms with Crippen molar-refractivity contribution in [1.82, 2.24) is 5.43 Å². The normalized spacial score (nSPS) is 16.5. The lowest BCUT2D eigenvalue weighted by Gasteiger charge is -2.23. The predicted molar refractivity (Wildman–Crippen MR) is 114 cm³/mol. The van der Waals surface area contributed by atoms with Gasteiger partial charge in [0, 0.05) is 30.1 Å². The number of benzene rings is 2. The van der Waals surface area contributed by atoms with Crippen LogP contribution in [0, 0.1) is 13.8 Å². The van der Waals surface area contributed by atoms with Gasteiger partial charge in [-0.15, -0.1) is 0 Å². The van der Waals surface area contributed by atoms with E-state index in [9.17, 15) is 4.79 Å². The minimum atomic E-state index is -0.294. The Labute approximate surface area is 166 Å². The fourth-order valence-corrected chi connectivity index (χ4v) is 3.56. The molecule has 0 atom stereocenters. The molecular weight excluding hydrogens is 350 g/mol. The second kappa shape index (κ2) is 7.89. The molecule has 0 spiro atoms. The quantitative estimate of drug-likeness (QED) is 0.631. The number of likely N-dealkylation sites (N-methyl/N-ethyl adjacent to an activating group) is 1. The maximum Gasteiger partial charge on any atom is 0.277 e. The number of carbonyl (C=O) groups excluding carboxylic acids is 1. The number of hydrogen-bond donors (Lipinski definition) is 1. The Bertz CT molecular complexity index is 945. The highest BCUT2D eigenvalue weighted by Crippen LogP contribution is 2.46. The number of anilines is 1. The zero-order valence-electron chi connectivity index (χ0n) is 17.1. The molecule has 0 radical (unpaired) electrons. The first-order valence-electron chi connectivity index (χ1n) is 9.36. The van der Waals surface area contributed by atoms with Gasteiger partial charge in [-0.25, -0.2) is 5.43 Å². The summed E-state index contributed by atoms with van der Waals surface area (Å²) in [5.74, 6) is 0.422. The summed E-state index contributed by atoms with van der Waals surface area (Å²) >= 11 is 0. The van der Waals surface area contributed by atoms with Crippen molar-refractivity contribution in [3.63, 3.8) is 0 Å². The SMILES string of the molecule is Cc1ccc(C)c(OCC(=O)NN=CC=C2N(C)c3ccccc3C2(C)C)c1. The van der Waals surface area contributed by atoms with E-state index in [4.69, 9.17) is 4.74 Å². The summed E-state index contributed by atoms with van der Waals surface area (Å²) < 4.78 is 5.59. The summed E-state index contributed by atoms with van der Waals surface area (Å²) in [5.41, 5.74) is 8.09. The number of ether oxygens (including phenoxy) is 1. The average molecular weight is 377 g/mol. The molecule has 0 unspecified atom stereocenters. The van der Waals surface area contributed by atoms with Crippen LogP contribution in [-0.2, 0) is 10.2 Å². The van der Waals surface area contributed by atoms with Gasteiger partial charge in [0.1, 0.15) is 5.75 Å². The molecule has 2 aromatic carbocycles. The highest BCUT2D eigenvalue weighted by Gasteiger charge is 2.37. The third-order valence-electron chi connectivity index (χ3n) is 5.14. The summed E-state index contributed by atoms with van der Waals surface area (Å²) in [6, 6.07) is 14.3. The highest BCUT2D eigenvalue weighted by atomic mass is 16.5. The molecule has 5 heteroatoms. The molecule has 5 nitrogen and oxygen atoms in total. The molecule has 1 heterocycles. The average Bonchev–Trinajstić information content (AvgIpc) is 2.86. The molecule has 28 heavy (non-hydrogen) atoms. The van der Waals surface area contributed by atoms with Gasteiger partial charge in [0.15, 0.2) is 6.61 Å². The first kappa shape index (κ1) is 19.7. The predicted octanol–water partition coefficient (Wildman–Crippen LogP) is 4.10. The Balaban J connectivity index is 1.59. The van der Waals surface area contributed by atoms with Gasteiger partial charge in [-0.2, -0.15) is 5.10 Å². The molecule has 146 valence electrons. The van der Waals surface area contributed by atoms with E-state index in [1.54, 1.807) is 6.21 Å². The van der Waals surface area contributed by atoms with Crippen molar-refractivity contribution < 1.29 is 9.53 Å². The first-order valence-corrected chi connectivity index (χ1v) is 9.36. The minimum absolute atomic E-state index is 0.0744. The van der Waals surface area contributed by atoms with Gasteiger partial charge in [-0.05, 0) is 48.7 Å². The number of aryl methyl sites for hydroxylation is 2. The van der Waals surface area contributed by atoms with Gasteiger partial charge in [-0.3, -0.25) is 4.79 Å². The van der Waals surface area contributed by atoms with Gasteiger partial charge in [0.25, 0.3) is 5.91 Å². The molecule has 3 rings (SSSR count). The van der Waals surface area contributed by atoms with Crippen molar-refractivity contribution in [2.75, 3.05) is 18.6 Å². The van der Waals surface area contributed by atoms with Crippen LogP contribution in [-0.4, -0.2) is 25.8 Å². The van der Waals surface area contributed by atoms with Crippen LogP contribution in [0.2, 0.25) is 0 Å². The van der Waals surface area contributed by atoms with Crippen LogP contribution in [0.4, 0.5) is 5.69 Å². The monoisotopic (exact) mass is 377 g/mol. The third-order valence-corrected chi connectivity index (χ3v) is 5.14. The number of nitrogens with zero attached hydrogens (tertiary/aromatic N) is 2. The zero-order valence-corrected chi connectivity index (χ0v) is 17.1. The number of carbonyl (C=O) groups is 1. The number of allylic oxidation sites excluding steroid dienone is 2. The Morgan fingerprint density at radius 3 is 2.71 bits per heavy atom. The van der Waals surface area contributed by atoms with E-state index in [1.165, 1.54) is 11.3 Å². The molecule has 0 saturated heterocycles. The topological polar surface area (TPSA) is 53.9 Å². The molecule has 1 aliphatic heterocycles. The summed E-state index contributed by atoms with van der Waals surface area (Å²) in [6.45, 7) is 8.24. The maximum absolute atomic E-state index is 12.0. The molecule has 2 aromatic rings. The minimum Gasteiger partial charge on any atom is -0.483 e. The fraction of sp³-hybridized carbons (Fsp3) is 0.304. The van der Waals surface area contributed by atoms with Gasteiger partial charge >= 0.3 is 0 Å². The lowest BCUT2D eigenvalue weighted by Crippen LogP contribution is -2.25. The Morgan fingerprint density at radius 2 is 1.96 bits per heavy atom. The van der Waals surface area contributed by atoms with Crippen LogP contribution in [0.5, 0.6) is 5.75 Å². The number of para-hydroxylation sites is 1. The molecule has 0 fully saturated rings. The Morgan fingerprint density at radius 1 is 1.21 bits per heavy atom. The van der Waals surface area contributed by atoms with Gasteiger partial charge in [0.2, 0.25) is 0 Å². The van der Waals surface area contributed by atoms with Crippen molar-refractivity contribution in [1.29, 1.82) is 0 Å². The summed E-state index contributed by atoms with van der Waals surface area (Å²) in [4.78, 5) is 14.2. The van der Waals surface area contributed by atoms with Crippen molar-refractivity contribution in [2.45, 2.75) is 33.1 Å². The van der Waals surface area contributed by atoms with Crippen LogP contribution < -0.4 is 15.1 Å². The number of hydrogen-bond acceptors (Lipinski definition) is 4. The molecule has 0 aliphatic carbocycles. The van der Waals surface area contributed by atoms with E-state index in [2.05, 4.69) is 47.5 Å². The molecule has 0 bridgehead atoms. The molecule has 1 aliphatic rings. The lowest BCUT2D eigenvalue weighted by molar-refractivity contribution is -0.123. The standard InChI is InChI=1S/C23H27N3O2/c1-16-10-11-17(2)20(14-16)28-15-22(27)25-24-13-12-21-23(3,4)18-8-6-7-9-19(18)26(21)5/h6-14H,15H2,1-5H3,(H,25,27). The van der Waals surface area contributed by atoms with E-state index in [0.29, 0.717) is 5.75 Å². The van der Waals surface area contributed by atoms with Crippen LogP contribution in [0.15, 0.2) is 59.3 Å². The fourth-order valence-electron chi connectivity index (χ4n) is 3.56. The summed E-state index contributed by atoms with van der Waals surface area (Å²) in [6.07, 6.45) is 3.56. The van der Waals surface area contributed by atoms with E-state index < -0.39 is 0 Å². The number of fused-ring (bicyclic) bond motifs is 1. The van der Waals surface area contributed by atoms with E-state index in [-0.39, 0.29) is 17.9 Å². The first-order chi connectivity index (χ1) is 13.3. The van der Waals surface area contributed by atoms with Gasteiger partial charge in [-0.1, -0.05) is 44.2 Å². The molecule has 1 N–H and O–H groups in total. The Kier molecular flexibility index (Phi) is 5.54. The second-order valence-electron chi connectivity index (χ2n) is 7.62. The van der Waals surface area contributed by atoms with Gasteiger partial charge < -0.3 is 9.64 Å². The van der Waals surface area contributed by atoms with E-state index in [0.717, 1.165) is 16.8 Å². The zero-order chi connectivity index (χ0) is 20.3. The number of rotatable bonds is 5.